The first kappa shape index (κ1) is 16.0. The summed E-state index contributed by atoms with van der Waals surface area (Å²) in [7, 11) is -0.722. The lowest BCUT2D eigenvalue weighted by molar-refractivity contribution is 0.00578. The van der Waals surface area contributed by atoms with E-state index in [1.165, 1.54) is 24.3 Å². The Kier molecular flexibility index (Phi) is 4.13. The van der Waals surface area contributed by atoms with Gasteiger partial charge in [0.2, 0.25) is 0 Å². The van der Waals surface area contributed by atoms with Crippen molar-refractivity contribution in [3.63, 3.8) is 0 Å². The molecule has 1 aromatic rings. The molecule has 1 saturated heterocycles. The van der Waals surface area contributed by atoms with E-state index in [0.29, 0.717) is 5.56 Å². The van der Waals surface area contributed by atoms with Crippen LogP contribution in [0.4, 0.5) is 8.78 Å². The molecule has 1 N–H and O–H groups in total. The van der Waals surface area contributed by atoms with Crippen LogP contribution in [0.15, 0.2) is 30.3 Å². The highest BCUT2D eigenvalue weighted by Gasteiger charge is 2.51. The first-order chi connectivity index (χ1) is 9.62. The van der Waals surface area contributed by atoms with Gasteiger partial charge in [-0.2, -0.15) is 8.78 Å². The van der Waals surface area contributed by atoms with E-state index in [9.17, 15) is 13.9 Å². The molecule has 6 heteroatoms. The summed E-state index contributed by atoms with van der Waals surface area (Å²) in [6.07, 6.45) is -1.81. The van der Waals surface area contributed by atoms with Crippen molar-refractivity contribution in [2.45, 2.75) is 45.2 Å². The van der Waals surface area contributed by atoms with Gasteiger partial charge in [0.25, 0.3) is 6.08 Å². The Hall–Kier alpha value is -1.40. The fourth-order valence-electron chi connectivity index (χ4n) is 2.18. The van der Waals surface area contributed by atoms with Crippen molar-refractivity contribution < 1.29 is 23.2 Å². The third-order valence-electron chi connectivity index (χ3n) is 4.12. The lowest BCUT2D eigenvalue weighted by atomic mass is 9.78. The summed E-state index contributed by atoms with van der Waals surface area (Å²) < 4.78 is 38.0. The number of aromatic hydroxyl groups is 1. The zero-order valence-electron chi connectivity index (χ0n) is 12.6. The summed E-state index contributed by atoms with van der Waals surface area (Å²) in [5.41, 5.74) is -0.884. The van der Waals surface area contributed by atoms with Crippen LogP contribution < -0.4 is 0 Å². The molecule has 21 heavy (non-hydrogen) atoms. The van der Waals surface area contributed by atoms with Crippen LogP contribution in [-0.2, 0) is 9.31 Å². The van der Waals surface area contributed by atoms with E-state index < -0.39 is 24.4 Å². The molecule has 1 fully saturated rings. The third kappa shape index (κ3) is 3.27. The molecule has 0 saturated carbocycles. The van der Waals surface area contributed by atoms with Crippen LogP contribution >= 0.6 is 0 Å². The largest absolute Gasteiger partial charge is 0.508 e. The Morgan fingerprint density at radius 2 is 1.52 bits per heavy atom. The number of hydrogen-bond donors (Lipinski definition) is 1. The molecule has 0 radical (unpaired) electrons. The van der Waals surface area contributed by atoms with Crippen molar-refractivity contribution >= 4 is 12.7 Å². The minimum atomic E-state index is -1.77. The van der Waals surface area contributed by atoms with Crippen molar-refractivity contribution in [1.82, 2.24) is 0 Å². The van der Waals surface area contributed by atoms with Crippen LogP contribution in [0.5, 0.6) is 5.75 Å². The lowest BCUT2D eigenvalue weighted by Crippen LogP contribution is -2.41. The van der Waals surface area contributed by atoms with Crippen LogP contribution in [0, 0.1) is 0 Å². The predicted molar refractivity (Wildman–Crippen MR) is 78.1 cm³/mol. The molecule has 3 nitrogen and oxygen atoms in total. The highest BCUT2D eigenvalue weighted by molar-refractivity contribution is 6.48. The molecule has 114 valence electrons. The molecule has 1 aromatic carbocycles. The molecule has 1 heterocycles. The topological polar surface area (TPSA) is 38.7 Å². The van der Waals surface area contributed by atoms with Crippen LogP contribution in [-0.4, -0.2) is 23.4 Å². The molecule has 0 aromatic heterocycles. The molecule has 0 amide bonds. The molecule has 1 aliphatic rings. The quantitative estimate of drug-likeness (QED) is 0.854. The molecule has 0 unspecified atom stereocenters. The van der Waals surface area contributed by atoms with Crippen LogP contribution in [0.2, 0.25) is 6.32 Å². The standard InChI is InChI=1S/C15H19BF2O3/c1-14(2)15(3,4)21-16(20-14)9-12(13(17)18)10-5-7-11(19)8-6-10/h5-8,19H,9H2,1-4H3. The fraction of sp³-hybridized carbons (Fsp3) is 0.467. The highest BCUT2D eigenvalue weighted by Crippen LogP contribution is 2.40. The minimum Gasteiger partial charge on any atom is -0.508 e. The number of allylic oxidation sites excluding steroid dienone is 1. The van der Waals surface area contributed by atoms with Gasteiger partial charge in [0.1, 0.15) is 5.75 Å². The first-order valence-corrected chi connectivity index (χ1v) is 6.81. The predicted octanol–water partition coefficient (Wildman–Crippen LogP) is 4.09. The van der Waals surface area contributed by atoms with Crippen molar-refractivity contribution in [2.24, 2.45) is 0 Å². The Balaban J connectivity index is 2.20. The smallest absolute Gasteiger partial charge is 0.462 e. The molecule has 0 atom stereocenters. The Morgan fingerprint density at radius 3 is 1.95 bits per heavy atom. The van der Waals surface area contributed by atoms with Gasteiger partial charge < -0.3 is 14.4 Å². The SMILES string of the molecule is CC1(C)OB(CC(=C(F)F)c2ccc(O)cc2)OC1(C)C. The second-order valence-corrected chi connectivity index (χ2v) is 6.18. The fourth-order valence-corrected chi connectivity index (χ4v) is 2.18. The van der Waals surface area contributed by atoms with E-state index in [4.69, 9.17) is 9.31 Å². The summed E-state index contributed by atoms with van der Waals surface area (Å²) in [5, 5.41) is 9.25. The summed E-state index contributed by atoms with van der Waals surface area (Å²) in [5.74, 6) is 0.0352. The molecule has 0 spiro atoms. The van der Waals surface area contributed by atoms with Gasteiger partial charge in [-0.25, -0.2) is 0 Å². The maximum absolute atomic E-state index is 13.2. The summed E-state index contributed by atoms with van der Waals surface area (Å²) in [4.78, 5) is 0. The number of benzene rings is 1. The Labute approximate surface area is 123 Å². The maximum Gasteiger partial charge on any atom is 0.462 e. The number of phenols is 1. The van der Waals surface area contributed by atoms with Crippen molar-refractivity contribution in [1.29, 1.82) is 0 Å². The molecule has 0 bridgehead atoms. The number of phenolic OH excluding ortho intramolecular Hbond substituents is 1. The highest BCUT2D eigenvalue weighted by atomic mass is 19.3. The molecule has 0 aliphatic carbocycles. The Bertz CT molecular complexity index is 533. The second-order valence-electron chi connectivity index (χ2n) is 6.18. The van der Waals surface area contributed by atoms with Crippen LogP contribution in [0.3, 0.4) is 0 Å². The van der Waals surface area contributed by atoms with E-state index in [-0.39, 0.29) is 17.6 Å². The average molecular weight is 296 g/mol. The number of halogens is 2. The summed E-state index contributed by atoms with van der Waals surface area (Å²) in [6, 6.07) is 5.66. The van der Waals surface area contributed by atoms with Gasteiger partial charge in [-0.1, -0.05) is 12.1 Å². The molecule has 1 aliphatic heterocycles. The zero-order valence-corrected chi connectivity index (χ0v) is 12.6. The maximum atomic E-state index is 13.2. The van der Waals surface area contributed by atoms with Gasteiger partial charge in [0.05, 0.1) is 11.2 Å². The van der Waals surface area contributed by atoms with E-state index in [1.807, 2.05) is 27.7 Å². The zero-order chi connectivity index (χ0) is 15.8. The molecule has 2 rings (SSSR count). The summed E-state index contributed by atoms with van der Waals surface area (Å²) >= 11 is 0. The number of hydrogen-bond acceptors (Lipinski definition) is 3. The van der Waals surface area contributed by atoms with E-state index in [2.05, 4.69) is 0 Å². The second kappa shape index (κ2) is 5.42. The van der Waals surface area contributed by atoms with Crippen molar-refractivity contribution in [3.8, 4) is 5.75 Å². The average Bonchev–Trinajstić information content (AvgIpc) is 2.55. The molecular formula is C15H19BF2O3. The van der Waals surface area contributed by atoms with E-state index in [1.54, 1.807) is 0 Å². The van der Waals surface area contributed by atoms with Crippen molar-refractivity contribution in [3.05, 3.63) is 35.9 Å². The van der Waals surface area contributed by atoms with Gasteiger partial charge in [0.15, 0.2) is 0 Å². The Morgan fingerprint density at radius 1 is 1.05 bits per heavy atom. The van der Waals surface area contributed by atoms with Gasteiger partial charge >= 0.3 is 7.12 Å². The van der Waals surface area contributed by atoms with Gasteiger partial charge in [-0.05, 0) is 45.4 Å². The summed E-state index contributed by atoms with van der Waals surface area (Å²) in [6.45, 7) is 7.51. The van der Waals surface area contributed by atoms with E-state index in [0.717, 1.165) is 0 Å². The third-order valence-corrected chi connectivity index (χ3v) is 4.12. The lowest BCUT2D eigenvalue weighted by Gasteiger charge is -2.32. The van der Waals surface area contributed by atoms with E-state index >= 15 is 0 Å². The van der Waals surface area contributed by atoms with Gasteiger partial charge in [0, 0.05) is 11.9 Å². The van der Waals surface area contributed by atoms with Crippen LogP contribution in [0.25, 0.3) is 5.57 Å². The first-order valence-electron chi connectivity index (χ1n) is 6.81. The van der Waals surface area contributed by atoms with Gasteiger partial charge in [-0.15, -0.1) is 0 Å². The minimum absolute atomic E-state index is 0.0352. The van der Waals surface area contributed by atoms with Gasteiger partial charge in [-0.3, -0.25) is 0 Å². The van der Waals surface area contributed by atoms with Crippen LogP contribution in [0.1, 0.15) is 33.3 Å². The van der Waals surface area contributed by atoms with Crippen molar-refractivity contribution in [2.75, 3.05) is 0 Å². The molecular weight excluding hydrogens is 277 g/mol. The normalized spacial score (nSPS) is 19.6. The monoisotopic (exact) mass is 296 g/mol. The number of rotatable bonds is 3.